The standard InChI is InChI=1S/C24H30N2O6/c1-15(2)23(27)31-13-19(25)11-29-21-7-5-17-6-8-22(10-18(17)9-21)30-12-20(26)14-32-24(28)16(3)4/h5-10,19-20H,1,3,11-14,25-26H2,2,4H3. The molecule has 0 amide bonds. The van der Waals surface area contributed by atoms with Gasteiger partial charge in [-0.25, -0.2) is 9.59 Å². The quantitative estimate of drug-likeness (QED) is 0.380. The summed E-state index contributed by atoms with van der Waals surface area (Å²) in [6, 6.07) is 10.3. The zero-order valence-corrected chi connectivity index (χ0v) is 18.5. The molecule has 2 unspecified atom stereocenters. The Morgan fingerprint density at radius 2 is 1.16 bits per heavy atom. The monoisotopic (exact) mass is 442 g/mol. The highest BCUT2D eigenvalue weighted by atomic mass is 16.5. The van der Waals surface area contributed by atoms with Gasteiger partial charge in [0, 0.05) is 11.1 Å². The number of carbonyl (C=O) groups is 2. The Kier molecular flexibility index (Phi) is 9.24. The zero-order valence-electron chi connectivity index (χ0n) is 18.5. The van der Waals surface area contributed by atoms with E-state index in [0.29, 0.717) is 22.6 Å². The summed E-state index contributed by atoms with van der Waals surface area (Å²) < 4.78 is 21.5. The molecule has 0 fully saturated rings. The van der Waals surface area contributed by atoms with Gasteiger partial charge < -0.3 is 30.4 Å². The van der Waals surface area contributed by atoms with Crippen LogP contribution in [-0.2, 0) is 19.1 Å². The summed E-state index contributed by atoms with van der Waals surface area (Å²) in [7, 11) is 0. The lowest BCUT2D eigenvalue weighted by molar-refractivity contribution is -0.140. The number of benzene rings is 2. The second kappa shape index (κ2) is 11.9. The maximum atomic E-state index is 11.4. The van der Waals surface area contributed by atoms with Crippen LogP contribution in [0.15, 0.2) is 60.7 Å². The third-order valence-electron chi connectivity index (χ3n) is 4.27. The molecule has 0 bridgehead atoms. The molecule has 0 heterocycles. The van der Waals surface area contributed by atoms with E-state index < -0.39 is 24.0 Å². The molecule has 0 aliphatic heterocycles. The Hall–Kier alpha value is -3.36. The van der Waals surface area contributed by atoms with Crippen molar-refractivity contribution in [1.29, 1.82) is 0 Å². The van der Waals surface area contributed by atoms with Gasteiger partial charge in [-0.05, 0) is 48.9 Å². The van der Waals surface area contributed by atoms with E-state index >= 15 is 0 Å². The Morgan fingerprint density at radius 1 is 0.750 bits per heavy atom. The van der Waals surface area contributed by atoms with Crippen molar-refractivity contribution in [3.05, 3.63) is 60.7 Å². The summed E-state index contributed by atoms with van der Waals surface area (Å²) >= 11 is 0. The van der Waals surface area contributed by atoms with Gasteiger partial charge in [-0.3, -0.25) is 0 Å². The Bertz CT molecular complexity index is 913. The molecule has 0 saturated carbocycles. The maximum Gasteiger partial charge on any atom is 0.333 e. The largest absolute Gasteiger partial charge is 0.492 e. The molecule has 2 aromatic rings. The molecule has 0 aromatic heterocycles. The van der Waals surface area contributed by atoms with Crippen LogP contribution in [0.2, 0.25) is 0 Å². The van der Waals surface area contributed by atoms with Gasteiger partial charge in [0.25, 0.3) is 0 Å². The average Bonchev–Trinajstić information content (AvgIpc) is 2.77. The van der Waals surface area contributed by atoms with Crippen molar-refractivity contribution in [2.24, 2.45) is 11.5 Å². The van der Waals surface area contributed by atoms with E-state index in [0.717, 1.165) is 10.8 Å². The molecule has 8 nitrogen and oxygen atoms in total. The fourth-order valence-corrected chi connectivity index (χ4v) is 2.50. The van der Waals surface area contributed by atoms with Gasteiger partial charge in [0.1, 0.15) is 37.9 Å². The molecular formula is C24H30N2O6. The third-order valence-corrected chi connectivity index (χ3v) is 4.27. The van der Waals surface area contributed by atoms with Crippen LogP contribution in [0.3, 0.4) is 0 Å². The van der Waals surface area contributed by atoms with Crippen molar-refractivity contribution >= 4 is 22.7 Å². The fraction of sp³-hybridized carbons (Fsp3) is 0.333. The minimum Gasteiger partial charge on any atom is -0.492 e. The van der Waals surface area contributed by atoms with Crippen LogP contribution in [0.25, 0.3) is 10.8 Å². The van der Waals surface area contributed by atoms with E-state index in [1.165, 1.54) is 0 Å². The van der Waals surface area contributed by atoms with E-state index in [-0.39, 0.29) is 26.4 Å². The second-order valence-corrected chi connectivity index (χ2v) is 7.57. The maximum absolute atomic E-state index is 11.4. The number of ether oxygens (including phenoxy) is 4. The lowest BCUT2D eigenvalue weighted by Crippen LogP contribution is -2.34. The summed E-state index contributed by atoms with van der Waals surface area (Å²) in [5.74, 6) is 0.291. The third kappa shape index (κ3) is 8.05. The van der Waals surface area contributed by atoms with Crippen molar-refractivity contribution in [3.8, 4) is 11.5 Å². The highest BCUT2D eigenvalue weighted by Crippen LogP contribution is 2.25. The molecule has 2 atom stereocenters. The van der Waals surface area contributed by atoms with Crippen LogP contribution < -0.4 is 20.9 Å². The molecular weight excluding hydrogens is 412 g/mol. The first-order valence-corrected chi connectivity index (χ1v) is 10.1. The molecule has 172 valence electrons. The highest BCUT2D eigenvalue weighted by molar-refractivity contribution is 5.87. The normalized spacial score (nSPS) is 12.5. The van der Waals surface area contributed by atoms with Crippen molar-refractivity contribution in [2.45, 2.75) is 25.9 Å². The van der Waals surface area contributed by atoms with Gasteiger partial charge in [0.2, 0.25) is 0 Å². The summed E-state index contributed by atoms with van der Waals surface area (Å²) in [6.45, 7) is 10.6. The number of rotatable bonds is 12. The SMILES string of the molecule is C=C(C)C(=O)OCC(N)COc1ccc2ccc(OCC(N)COC(=O)C(=C)C)cc2c1. The van der Waals surface area contributed by atoms with Crippen molar-refractivity contribution in [2.75, 3.05) is 26.4 Å². The lowest BCUT2D eigenvalue weighted by Gasteiger charge is -2.15. The first kappa shape index (κ1) is 24.9. The van der Waals surface area contributed by atoms with Crippen molar-refractivity contribution < 1.29 is 28.5 Å². The molecule has 2 aromatic carbocycles. The minimum absolute atomic E-state index is 0.0409. The molecule has 0 saturated heterocycles. The van der Waals surface area contributed by atoms with Crippen LogP contribution in [0, 0.1) is 0 Å². The smallest absolute Gasteiger partial charge is 0.333 e. The predicted molar refractivity (Wildman–Crippen MR) is 122 cm³/mol. The molecule has 4 N–H and O–H groups in total. The van der Waals surface area contributed by atoms with Crippen LogP contribution in [0.5, 0.6) is 11.5 Å². The topological polar surface area (TPSA) is 123 Å². The van der Waals surface area contributed by atoms with Gasteiger partial charge in [-0.2, -0.15) is 0 Å². The van der Waals surface area contributed by atoms with Gasteiger partial charge in [-0.15, -0.1) is 0 Å². The number of nitrogens with two attached hydrogens (primary N) is 2. The van der Waals surface area contributed by atoms with Crippen LogP contribution in [0.1, 0.15) is 13.8 Å². The van der Waals surface area contributed by atoms with Gasteiger partial charge in [-0.1, -0.05) is 25.3 Å². The number of hydrogen-bond acceptors (Lipinski definition) is 8. The van der Waals surface area contributed by atoms with Gasteiger partial charge in [0.15, 0.2) is 0 Å². The molecule has 0 aliphatic rings. The average molecular weight is 443 g/mol. The number of hydrogen-bond donors (Lipinski definition) is 2. The Labute approximate surface area is 187 Å². The van der Waals surface area contributed by atoms with E-state index in [1.807, 2.05) is 36.4 Å². The Balaban J connectivity index is 1.89. The van der Waals surface area contributed by atoms with Crippen LogP contribution in [-0.4, -0.2) is 50.4 Å². The van der Waals surface area contributed by atoms with E-state index in [9.17, 15) is 9.59 Å². The summed E-state index contributed by atoms with van der Waals surface area (Å²) in [5.41, 5.74) is 12.5. The molecule has 8 heteroatoms. The summed E-state index contributed by atoms with van der Waals surface area (Å²) in [6.07, 6.45) is 0. The number of esters is 2. The Morgan fingerprint density at radius 3 is 1.53 bits per heavy atom. The van der Waals surface area contributed by atoms with E-state index in [2.05, 4.69) is 13.2 Å². The molecule has 0 spiro atoms. The van der Waals surface area contributed by atoms with Crippen molar-refractivity contribution in [1.82, 2.24) is 0 Å². The molecule has 32 heavy (non-hydrogen) atoms. The fourth-order valence-electron chi connectivity index (χ4n) is 2.50. The van der Waals surface area contributed by atoms with Gasteiger partial charge in [0.05, 0.1) is 12.1 Å². The van der Waals surface area contributed by atoms with E-state index in [1.54, 1.807) is 13.8 Å². The second-order valence-electron chi connectivity index (χ2n) is 7.57. The van der Waals surface area contributed by atoms with Crippen LogP contribution >= 0.6 is 0 Å². The first-order valence-electron chi connectivity index (χ1n) is 10.1. The minimum atomic E-state index is -0.479. The zero-order chi connectivity index (χ0) is 23.7. The van der Waals surface area contributed by atoms with Crippen molar-refractivity contribution in [3.63, 3.8) is 0 Å². The summed E-state index contributed by atoms with van der Waals surface area (Å²) in [4.78, 5) is 22.9. The first-order chi connectivity index (χ1) is 15.2. The molecule has 0 radical (unpaired) electrons. The van der Waals surface area contributed by atoms with Crippen LogP contribution in [0.4, 0.5) is 0 Å². The predicted octanol–water partition coefficient (Wildman–Crippen LogP) is 2.49. The highest BCUT2D eigenvalue weighted by Gasteiger charge is 2.11. The lowest BCUT2D eigenvalue weighted by atomic mass is 10.1. The summed E-state index contributed by atoms with van der Waals surface area (Å²) in [5, 5.41) is 1.91. The number of carbonyl (C=O) groups excluding carboxylic acids is 2. The molecule has 2 rings (SSSR count). The van der Waals surface area contributed by atoms with Gasteiger partial charge >= 0.3 is 11.9 Å². The molecule has 0 aliphatic carbocycles. The number of fused-ring (bicyclic) bond motifs is 1. The van der Waals surface area contributed by atoms with E-state index in [4.69, 9.17) is 30.4 Å².